The summed E-state index contributed by atoms with van der Waals surface area (Å²) in [6.07, 6.45) is 7.28. The number of ether oxygens (including phenoxy) is 3. The molecule has 0 aliphatic carbocycles. The number of hydrogen-bond acceptors (Lipinski definition) is 5. The van der Waals surface area contributed by atoms with Crippen LogP contribution in [-0.4, -0.2) is 43.8 Å². The molecule has 1 saturated heterocycles. The zero-order valence-electron chi connectivity index (χ0n) is 16.7. The Morgan fingerprint density at radius 1 is 1.38 bits per heavy atom. The lowest BCUT2D eigenvalue weighted by molar-refractivity contribution is -0.128. The van der Waals surface area contributed by atoms with Gasteiger partial charge in [-0.15, -0.1) is 11.3 Å². The smallest absolute Gasteiger partial charge is 0.246 e. The highest BCUT2D eigenvalue weighted by Gasteiger charge is 2.22. The predicted octanol–water partition coefficient (Wildman–Crippen LogP) is 4.54. The molecule has 154 valence electrons. The number of amides is 1. The van der Waals surface area contributed by atoms with Gasteiger partial charge in [0, 0.05) is 24.1 Å². The molecule has 0 saturated carbocycles. The monoisotopic (exact) mass is 413 g/mol. The van der Waals surface area contributed by atoms with Gasteiger partial charge in [-0.25, -0.2) is 0 Å². The molecule has 1 amide bonds. The summed E-state index contributed by atoms with van der Waals surface area (Å²) >= 11 is 1.66. The van der Waals surface area contributed by atoms with Crippen molar-refractivity contribution in [2.24, 2.45) is 0 Å². The van der Waals surface area contributed by atoms with Crippen molar-refractivity contribution in [1.82, 2.24) is 4.90 Å². The van der Waals surface area contributed by atoms with Gasteiger partial charge in [0.05, 0.1) is 19.8 Å². The molecule has 1 atom stereocenters. The summed E-state index contributed by atoms with van der Waals surface area (Å²) < 4.78 is 16.7. The lowest BCUT2D eigenvalue weighted by Gasteiger charge is -2.23. The lowest BCUT2D eigenvalue weighted by atomic mass is 10.1. The van der Waals surface area contributed by atoms with Gasteiger partial charge in [-0.05, 0) is 48.1 Å². The molecule has 2 aromatic rings. The minimum absolute atomic E-state index is 0.0279. The Hall–Kier alpha value is -2.57. The summed E-state index contributed by atoms with van der Waals surface area (Å²) in [6.45, 7) is 6.04. The molecule has 1 aliphatic rings. The van der Waals surface area contributed by atoms with E-state index in [4.69, 9.17) is 14.2 Å². The molecule has 0 bridgehead atoms. The van der Waals surface area contributed by atoms with Crippen LogP contribution in [0.3, 0.4) is 0 Å². The largest absolute Gasteiger partial charge is 0.493 e. The zero-order valence-corrected chi connectivity index (χ0v) is 17.5. The van der Waals surface area contributed by atoms with Gasteiger partial charge in [0.2, 0.25) is 5.91 Å². The fourth-order valence-corrected chi connectivity index (χ4v) is 3.91. The van der Waals surface area contributed by atoms with Crippen molar-refractivity contribution >= 4 is 23.3 Å². The van der Waals surface area contributed by atoms with Gasteiger partial charge >= 0.3 is 0 Å². The Morgan fingerprint density at radius 2 is 2.28 bits per heavy atom. The molecule has 5 nitrogen and oxygen atoms in total. The Balaban J connectivity index is 1.70. The molecular weight excluding hydrogens is 386 g/mol. The second-order valence-electron chi connectivity index (χ2n) is 6.78. The van der Waals surface area contributed by atoms with E-state index in [1.54, 1.807) is 36.7 Å². The van der Waals surface area contributed by atoms with Gasteiger partial charge in [0.1, 0.15) is 6.61 Å². The average Bonchev–Trinajstić information content (AvgIpc) is 3.44. The molecule has 0 spiro atoms. The molecule has 2 heterocycles. The summed E-state index contributed by atoms with van der Waals surface area (Å²) in [7, 11) is 1.60. The second-order valence-corrected chi connectivity index (χ2v) is 7.81. The topological polar surface area (TPSA) is 48.0 Å². The van der Waals surface area contributed by atoms with Gasteiger partial charge in [0.15, 0.2) is 11.5 Å². The first-order valence-electron chi connectivity index (χ1n) is 9.72. The van der Waals surface area contributed by atoms with E-state index in [0.29, 0.717) is 31.2 Å². The van der Waals surface area contributed by atoms with Crippen LogP contribution in [0, 0.1) is 0 Å². The Kier molecular flexibility index (Phi) is 7.90. The molecule has 3 rings (SSSR count). The van der Waals surface area contributed by atoms with E-state index in [1.165, 1.54) is 0 Å². The number of thiophene rings is 1. The molecule has 1 fully saturated rings. The van der Waals surface area contributed by atoms with Gasteiger partial charge in [-0.3, -0.25) is 4.79 Å². The second kappa shape index (κ2) is 10.8. The first-order chi connectivity index (χ1) is 14.2. The quantitative estimate of drug-likeness (QED) is 0.424. The summed E-state index contributed by atoms with van der Waals surface area (Å²) in [6, 6.07) is 9.65. The van der Waals surface area contributed by atoms with Gasteiger partial charge in [-0.1, -0.05) is 24.8 Å². The van der Waals surface area contributed by atoms with E-state index in [1.807, 2.05) is 34.5 Å². The highest BCUT2D eigenvalue weighted by Crippen LogP contribution is 2.28. The van der Waals surface area contributed by atoms with Crippen LogP contribution in [0.5, 0.6) is 11.5 Å². The summed E-state index contributed by atoms with van der Waals surface area (Å²) in [5, 5.41) is 2.03. The summed E-state index contributed by atoms with van der Waals surface area (Å²) in [5.41, 5.74) is 0.870. The van der Waals surface area contributed by atoms with E-state index in [9.17, 15) is 4.79 Å². The molecule has 1 unspecified atom stereocenters. The number of carbonyl (C=O) groups is 1. The highest BCUT2D eigenvalue weighted by molar-refractivity contribution is 7.09. The Labute approximate surface area is 176 Å². The van der Waals surface area contributed by atoms with E-state index in [0.717, 1.165) is 29.9 Å². The molecule has 1 aromatic carbocycles. The SMILES string of the molecule is C=CCOc1ccc(/C=C/C(=O)N(Cc2cccs2)CC2CCCO2)cc1OC. The van der Waals surface area contributed by atoms with Crippen molar-refractivity contribution in [3.63, 3.8) is 0 Å². The summed E-state index contributed by atoms with van der Waals surface area (Å²) in [4.78, 5) is 15.9. The first-order valence-corrected chi connectivity index (χ1v) is 10.6. The van der Waals surface area contributed by atoms with Crippen molar-refractivity contribution in [3.8, 4) is 11.5 Å². The van der Waals surface area contributed by atoms with Crippen LogP contribution in [0.15, 0.2) is 54.4 Å². The van der Waals surface area contributed by atoms with Crippen molar-refractivity contribution in [3.05, 3.63) is 64.9 Å². The number of hydrogen-bond donors (Lipinski definition) is 0. The molecule has 0 N–H and O–H groups in total. The molecule has 1 aromatic heterocycles. The zero-order chi connectivity index (χ0) is 20.5. The van der Waals surface area contributed by atoms with E-state index in [-0.39, 0.29) is 12.0 Å². The molecule has 1 aliphatic heterocycles. The molecule has 0 radical (unpaired) electrons. The van der Waals surface area contributed by atoms with Crippen LogP contribution in [-0.2, 0) is 16.1 Å². The van der Waals surface area contributed by atoms with Gasteiger partial charge in [0.25, 0.3) is 0 Å². The number of carbonyl (C=O) groups excluding carboxylic acids is 1. The molecule has 29 heavy (non-hydrogen) atoms. The van der Waals surface area contributed by atoms with Crippen LogP contribution in [0.1, 0.15) is 23.3 Å². The molecule has 6 heteroatoms. The third-order valence-electron chi connectivity index (χ3n) is 4.65. The van der Waals surface area contributed by atoms with Crippen molar-refractivity contribution in [2.45, 2.75) is 25.5 Å². The first kappa shape index (κ1) is 21.1. The normalized spacial score (nSPS) is 16.1. The standard InChI is InChI=1S/C23H27NO4S/c1-3-12-28-21-10-8-18(15-22(21)26-2)9-11-23(25)24(16-19-6-4-13-27-19)17-20-7-5-14-29-20/h3,5,7-11,14-15,19H,1,4,6,12-13,16-17H2,2H3/b11-9+. The summed E-state index contributed by atoms with van der Waals surface area (Å²) in [5.74, 6) is 1.24. The maximum Gasteiger partial charge on any atom is 0.246 e. The fraction of sp³-hybridized carbons (Fsp3) is 0.348. The Bertz CT molecular complexity index is 825. The highest BCUT2D eigenvalue weighted by atomic mass is 32.1. The number of methoxy groups -OCH3 is 1. The van der Waals surface area contributed by atoms with Crippen molar-refractivity contribution in [2.75, 3.05) is 26.9 Å². The van der Waals surface area contributed by atoms with Gasteiger partial charge < -0.3 is 19.1 Å². The maximum absolute atomic E-state index is 12.9. The van der Waals surface area contributed by atoms with E-state index < -0.39 is 0 Å². The van der Waals surface area contributed by atoms with Crippen LogP contribution < -0.4 is 9.47 Å². The number of rotatable bonds is 10. The lowest BCUT2D eigenvalue weighted by Crippen LogP contribution is -2.35. The predicted molar refractivity (Wildman–Crippen MR) is 116 cm³/mol. The van der Waals surface area contributed by atoms with E-state index >= 15 is 0 Å². The number of benzene rings is 1. The minimum Gasteiger partial charge on any atom is -0.493 e. The third-order valence-corrected chi connectivity index (χ3v) is 5.51. The number of nitrogens with zero attached hydrogens (tertiary/aromatic N) is 1. The van der Waals surface area contributed by atoms with E-state index in [2.05, 4.69) is 12.6 Å². The van der Waals surface area contributed by atoms with Crippen LogP contribution in [0.25, 0.3) is 6.08 Å². The van der Waals surface area contributed by atoms with Gasteiger partial charge in [-0.2, -0.15) is 0 Å². The van der Waals surface area contributed by atoms with Crippen LogP contribution in [0.2, 0.25) is 0 Å². The van der Waals surface area contributed by atoms with Crippen molar-refractivity contribution in [1.29, 1.82) is 0 Å². The van der Waals surface area contributed by atoms with Crippen molar-refractivity contribution < 1.29 is 19.0 Å². The van der Waals surface area contributed by atoms with Crippen LogP contribution >= 0.6 is 11.3 Å². The van der Waals surface area contributed by atoms with Crippen LogP contribution in [0.4, 0.5) is 0 Å². The average molecular weight is 414 g/mol. The molecular formula is C23H27NO4S. The Morgan fingerprint density at radius 3 is 2.97 bits per heavy atom. The minimum atomic E-state index is -0.0279. The fourth-order valence-electron chi connectivity index (χ4n) is 3.19. The maximum atomic E-state index is 12.9. The third kappa shape index (κ3) is 6.21.